The van der Waals surface area contributed by atoms with Crippen molar-refractivity contribution >= 4 is 33.2 Å². The van der Waals surface area contributed by atoms with Crippen molar-refractivity contribution in [3.63, 3.8) is 0 Å². The average molecular weight is 386 g/mol. The highest BCUT2D eigenvalue weighted by atomic mass is 79.9. The van der Waals surface area contributed by atoms with Gasteiger partial charge in [-0.1, -0.05) is 15.9 Å². The van der Waals surface area contributed by atoms with Crippen molar-refractivity contribution in [3.8, 4) is 11.8 Å². The molecule has 5 nitrogen and oxygen atoms in total. The van der Waals surface area contributed by atoms with E-state index in [2.05, 4.69) is 26.6 Å². The Labute approximate surface area is 149 Å². The van der Waals surface area contributed by atoms with Crippen molar-refractivity contribution in [2.75, 3.05) is 17.2 Å². The molecule has 0 saturated heterocycles. The molecule has 2 rings (SSSR count). The molecule has 0 spiro atoms. The fraction of sp³-hybridized carbons (Fsp3) is 0.111. The van der Waals surface area contributed by atoms with Gasteiger partial charge < -0.3 is 15.4 Å². The Hall–Kier alpha value is -2.78. The van der Waals surface area contributed by atoms with Crippen LogP contribution in [0.25, 0.3) is 0 Å². The number of hydrogen-bond acceptors (Lipinski definition) is 4. The third-order valence-corrected chi connectivity index (χ3v) is 3.54. The van der Waals surface area contributed by atoms with Crippen molar-refractivity contribution in [1.29, 1.82) is 5.26 Å². The van der Waals surface area contributed by atoms with E-state index in [0.29, 0.717) is 12.3 Å². The van der Waals surface area contributed by atoms with E-state index >= 15 is 0 Å². The smallest absolute Gasteiger partial charge is 0.267 e. The van der Waals surface area contributed by atoms with Crippen molar-refractivity contribution in [3.05, 3.63) is 64.8 Å². The maximum absolute atomic E-state index is 12.1. The molecule has 0 bridgehead atoms. The van der Waals surface area contributed by atoms with Crippen molar-refractivity contribution in [2.24, 2.45) is 0 Å². The minimum atomic E-state index is -0.480. The zero-order chi connectivity index (χ0) is 17.4. The molecular weight excluding hydrogens is 370 g/mol. The van der Waals surface area contributed by atoms with E-state index in [4.69, 9.17) is 10.00 Å². The number of ether oxygens (including phenoxy) is 1. The van der Waals surface area contributed by atoms with Crippen LogP contribution in [0.5, 0.6) is 5.75 Å². The molecule has 2 aromatic rings. The third-order valence-electron chi connectivity index (χ3n) is 3.02. The Morgan fingerprint density at radius 1 is 1.17 bits per heavy atom. The van der Waals surface area contributed by atoms with Gasteiger partial charge in [0.25, 0.3) is 5.91 Å². The predicted octanol–water partition coefficient (Wildman–Crippen LogP) is 4.31. The van der Waals surface area contributed by atoms with Gasteiger partial charge in [-0.25, -0.2) is 0 Å². The zero-order valence-electron chi connectivity index (χ0n) is 13.0. The van der Waals surface area contributed by atoms with Gasteiger partial charge in [-0.2, -0.15) is 5.26 Å². The number of benzene rings is 2. The summed E-state index contributed by atoms with van der Waals surface area (Å²) in [6, 6.07) is 16.2. The average Bonchev–Trinajstić information content (AvgIpc) is 2.59. The fourth-order valence-electron chi connectivity index (χ4n) is 1.85. The summed E-state index contributed by atoms with van der Waals surface area (Å²) in [5.41, 5.74) is 1.35. The SMILES string of the molecule is CCOc1ccc(NC(=O)/C(C#N)=C\Nc2ccc(Br)cc2)cc1. The molecule has 1 amide bonds. The molecule has 0 aromatic heterocycles. The highest BCUT2D eigenvalue weighted by Crippen LogP contribution is 2.17. The summed E-state index contributed by atoms with van der Waals surface area (Å²) in [7, 11) is 0. The number of rotatable bonds is 6. The van der Waals surface area contributed by atoms with Crippen LogP contribution in [-0.4, -0.2) is 12.5 Å². The van der Waals surface area contributed by atoms with Crippen LogP contribution < -0.4 is 15.4 Å². The molecule has 0 radical (unpaired) electrons. The van der Waals surface area contributed by atoms with Crippen LogP contribution in [0.3, 0.4) is 0 Å². The number of hydrogen-bond donors (Lipinski definition) is 2. The second-order valence-corrected chi connectivity index (χ2v) is 5.65. The molecule has 0 fully saturated rings. The number of anilines is 2. The van der Waals surface area contributed by atoms with E-state index in [-0.39, 0.29) is 5.57 Å². The Balaban J connectivity index is 2.01. The first-order valence-corrected chi connectivity index (χ1v) is 8.08. The van der Waals surface area contributed by atoms with E-state index in [0.717, 1.165) is 15.9 Å². The van der Waals surface area contributed by atoms with E-state index < -0.39 is 5.91 Å². The van der Waals surface area contributed by atoms with Gasteiger partial charge in [0.05, 0.1) is 6.61 Å². The number of nitrogens with zero attached hydrogens (tertiary/aromatic N) is 1. The molecule has 2 N–H and O–H groups in total. The highest BCUT2D eigenvalue weighted by Gasteiger charge is 2.09. The second-order valence-electron chi connectivity index (χ2n) is 4.73. The van der Waals surface area contributed by atoms with Gasteiger partial charge in [-0.05, 0) is 55.5 Å². The first-order chi connectivity index (χ1) is 11.6. The molecule has 122 valence electrons. The van der Waals surface area contributed by atoms with E-state index in [1.165, 1.54) is 6.20 Å². The van der Waals surface area contributed by atoms with E-state index in [1.54, 1.807) is 24.3 Å². The quantitative estimate of drug-likeness (QED) is 0.573. The second kappa shape index (κ2) is 8.75. The van der Waals surface area contributed by atoms with Gasteiger partial charge in [-0.3, -0.25) is 4.79 Å². The predicted molar refractivity (Wildman–Crippen MR) is 97.7 cm³/mol. The van der Waals surface area contributed by atoms with Crippen LogP contribution in [0.15, 0.2) is 64.8 Å². The topological polar surface area (TPSA) is 74.1 Å². The molecule has 0 heterocycles. The number of nitriles is 1. The Bertz CT molecular complexity index is 762. The lowest BCUT2D eigenvalue weighted by Crippen LogP contribution is -2.14. The summed E-state index contributed by atoms with van der Waals surface area (Å²) in [6.45, 7) is 2.48. The maximum atomic E-state index is 12.1. The maximum Gasteiger partial charge on any atom is 0.267 e. The number of halogens is 1. The fourth-order valence-corrected chi connectivity index (χ4v) is 2.11. The molecule has 0 saturated carbocycles. The van der Waals surface area contributed by atoms with Crippen LogP contribution in [0, 0.1) is 11.3 Å². The Morgan fingerprint density at radius 2 is 1.79 bits per heavy atom. The standard InChI is InChI=1S/C18H16BrN3O2/c1-2-24-17-9-7-16(8-10-17)22-18(23)13(11-20)12-21-15-5-3-14(19)4-6-15/h3-10,12,21H,2H2,1H3,(H,22,23)/b13-12-. The molecule has 0 aliphatic rings. The summed E-state index contributed by atoms with van der Waals surface area (Å²) in [5.74, 6) is 0.245. The molecule has 2 aromatic carbocycles. The molecule has 0 aliphatic heterocycles. The lowest BCUT2D eigenvalue weighted by atomic mass is 10.2. The van der Waals surface area contributed by atoms with E-state index in [9.17, 15) is 4.79 Å². The summed E-state index contributed by atoms with van der Waals surface area (Å²) in [6.07, 6.45) is 1.38. The number of nitrogens with one attached hydrogen (secondary N) is 2. The zero-order valence-corrected chi connectivity index (χ0v) is 14.6. The third kappa shape index (κ3) is 5.14. The van der Waals surface area contributed by atoms with Gasteiger partial charge in [0.15, 0.2) is 0 Å². The normalized spacial score (nSPS) is 10.6. The lowest BCUT2D eigenvalue weighted by molar-refractivity contribution is -0.112. The molecule has 24 heavy (non-hydrogen) atoms. The Morgan fingerprint density at radius 3 is 2.38 bits per heavy atom. The molecular formula is C18H16BrN3O2. The van der Waals surface area contributed by atoms with Crippen LogP contribution in [0.1, 0.15) is 6.92 Å². The monoisotopic (exact) mass is 385 g/mol. The van der Waals surface area contributed by atoms with Gasteiger partial charge >= 0.3 is 0 Å². The summed E-state index contributed by atoms with van der Waals surface area (Å²) in [5, 5.41) is 14.8. The van der Waals surface area contributed by atoms with Crippen LogP contribution in [-0.2, 0) is 4.79 Å². The number of carbonyl (C=O) groups is 1. The van der Waals surface area contributed by atoms with E-state index in [1.807, 2.05) is 37.3 Å². The van der Waals surface area contributed by atoms with Gasteiger partial charge in [0.2, 0.25) is 0 Å². The molecule has 0 aliphatic carbocycles. The molecule has 0 atom stereocenters. The van der Waals surface area contributed by atoms with Gasteiger partial charge in [0, 0.05) is 22.0 Å². The van der Waals surface area contributed by atoms with Crippen molar-refractivity contribution in [1.82, 2.24) is 0 Å². The number of carbonyl (C=O) groups excluding carboxylic acids is 1. The van der Waals surface area contributed by atoms with Crippen LogP contribution >= 0.6 is 15.9 Å². The van der Waals surface area contributed by atoms with Crippen molar-refractivity contribution in [2.45, 2.75) is 6.92 Å². The first-order valence-electron chi connectivity index (χ1n) is 7.29. The largest absolute Gasteiger partial charge is 0.494 e. The minimum Gasteiger partial charge on any atom is -0.494 e. The summed E-state index contributed by atoms with van der Waals surface area (Å²) >= 11 is 3.35. The van der Waals surface area contributed by atoms with Crippen LogP contribution in [0.2, 0.25) is 0 Å². The number of amides is 1. The summed E-state index contributed by atoms with van der Waals surface area (Å²) < 4.78 is 6.29. The van der Waals surface area contributed by atoms with Gasteiger partial charge in [0.1, 0.15) is 17.4 Å². The summed E-state index contributed by atoms with van der Waals surface area (Å²) in [4.78, 5) is 12.1. The first kappa shape index (κ1) is 17.6. The minimum absolute atomic E-state index is 0.0215. The highest BCUT2D eigenvalue weighted by molar-refractivity contribution is 9.10. The van der Waals surface area contributed by atoms with Crippen LogP contribution in [0.4, 0.5) is 11.4 Å². The molecule has 0 unspecified atom stereocenters. The van der Waals surface area contributed by atoms with Gasteiger partial charge in [-0.15, -0.1) is 0 Å². The molecule has 6 heteroatoms. The van der Waals surface area contributed by atoms with Crippen molar-refractivity contribution < 1.29 is 9.53 Å². The lowest BCUT2D eigenvalue weighted by Gasteiger charge is -2.07. The Kier molecular flexibility index (Phi) is 6.41.